The Bertz CT molecular complexity index is 614. The maximum Gasteiger partial charge on any atom is 0.112 e. The second kappa shape index (κ2) is 7.81. The van der Waals surface area contributed by atoms with E-state index in [1.807, 2.05) is 11.8 Å². The molecule has 0 saturated carbocycles. The molecule has 0 radical (unpaired) electrons. The zero-order chi connectivity index (χ0) is 16.0. The van der Waals surface area contributed by atoms with Crippen molar-refractivity contribution in [2.24, 2.45) is 0 Å². The van der Waals surface area contributed by atoms with E-state index >= 15 is 0 Å². The summed E-state index contributed by atoms with van der Waals surface area (Å²) in [5.41, 5.74) is 0. The first-order valence-electron chi connectivity index (χ1n) is 7.92. The van der Waals surface area contributed by atoms with Crippen LogP contribution in [-0.2, 0) is 0 Å². The van der Waals surface area contributed by atoms with E-state index in [0.29, 0.717) is 0 Å². The average molecular weight is 337 g/mol. The molecule has 0 saturated heterocycles. The molecule has 3 rings (SSSR count). The van der Waals surface area contributed by atoms with Crippen LogP contribution in [0.15, 0.2) is 91.0 Å². The Labute approximate surface area is 144 Å². The van der Waals surface area contributed by atoms with Crippen LogP contribution >= 0.6 is 19.0 Å². The lowest BCUT2D eigenvalue weighted by molar-refractivity contribution is 1.51. The van der Waals surface area contributed by atoms with Gasteiger partial charge in [-0.25, -0.2) is 0 Å². The van der Waals surface area contributed by atoms with Crippen LogP contribution in [0.1, 0.15) is 0 Å². The predicted molar refractivity (Wildman–Crippen MR) is 108 cm³/mol. The lowest BCUT2D eigenvalue weighted by Crippen LogP contribution is -2.34. The molecule has 0 unspecified atom stereocenters. The Morgan fingerprint density at radius 2 is 0.957 bits per heavy atom. The fourth-order valence-electron chi connectivity index (χ4n) is 3.11. The largest absolute Gasteiger partial charge is 0.162 e. The first-order chi connectivity index (χ1) is 11.4. The molecule has 0 N–H and O–H groups in total. The van der Waals surface area contributed by atoms with Gasteiger partial charge in [0.25, 0.3) is 0 Å². The first kappa shape index (κ1) is 16.3. The molecular weight excluding hydrogens is 315 g/mol. The summed E-state index contributed by atoms with van der Waals surface area (Å²) in [6.45, 7) is 0. The van der Waals surface area contributed by atoms with Crippen molar-refractivity contribution in [1.29, 1.82) is 0 Å². The number of rotatable bonds is 6. The number of hydrogen-bond donors (Lipinski definition) is 0. The van der Waals surface area contributed by atoms with Crippen LogP contribution in [0.3, 0.4) is 0 Å². The SMILES string of the molecule is CSCC[P+](c1ccccc1)(c1ccccc1)c1ccccc1. The summed E-state index contributed by atoms with van der Waals surface area (Å²) in [5.74, 6) is 1.17. The number of hydrogen-bond acceptors (Lipinski definition) is 1. The van der Waals surface area contributed by atoms with Gasteiger partial charge in [0.1, 0.15) is 23.2 Å². The third kappa shape index (κ3) is 3.37. The van der Waals surface area contributed by atoms with Gasteiger partial charge in [-0.2, -0.15) is 11.8 Å². The van der Waals surface area contributed by atoms with E-state index in [2.05, 4.69) is 97.3 Å². The quantitative estimate of drug-likeness (QED) is 0.603. The molecule has 0 spiro atoms. The molecule has 0 nitrogen and oxygen atoms in total. The van der Waals surface area contributed by atoms with Crippen molar-refractivity contribution in [2.45, 2.75) is 0 Å². The Balaban J connectivity index is 2.25. The third-order valence-electron chi connectivity index (χ3n) is 4.22. The standard InChI is InChI=1S/C21H22PS/c1-23-18-17-22(19-11-5-2-6-12-19,20-13-7-3-8-14-20)21-15-9-4-10-16-21/h2-16H,17-18H2,1H3/q+1. The molecule has 0 fully saturated rings. The monoisotopic (exact) mass is 337 g/mol. The Hall–Kier alpha value is -1.56. The predicted octanol–water partition coefficient (Wildman–Crippen LogP) is 4.34. The van der Waals surface area contributed by atoms with Gasteiger partial charge < -0.3 is 0 Å². The summed E-state index contributed by atoms with van der Waals surface area (Å²) in [5, 5.41) is 4.43. The van der Waals surface area contributed by atoms with Crippen molar-refractivity contribution in [3.8, 4) is 0 Å². The minimum absolute atomic E-state index is 1.17. The van der Waals surface area contributed by atoms with Crippen LogP contribution in [0.2, 0.25) is 0 Å². The van der Waals surface area contributed by atoms with Crippen molar-refractivity contribution >= 4 is 34.9 Å². The first-order valence-corrected chi connectivity index (χ1v) is 11.3. The lowest BCUT2D eigenvalue weighted by atomic mass is 10.4. The van der Waals surface area contributed by atoms with Crippen LogP contribution in [0.25, 0.3) is 0 Å². The van der Waals surface area contributed by atoms with E-state index in [4.69, 9.17) is 0 Å². The van der Waals surface area contributed by atoms with E-state index in [9.17, 15) is 0 Å². The zero-order valence-corrected chi connectivity index (χ0v) is 15.1. The highest BCUT2D eigenvalue weighted by Crippen LogP contribution is 2.55. The minimum atomic E-state index is -1.59. The smallest absolute Gasteiger partial charge is 0.112 e. The van der Waals surface area contributed by atoms with Crippen molar-refractivity contribution < 1.29 is 0 Å². The summed E-state index contributed by atoms with van der Waals surface area (Å²) in [4.78, 5) is 0. The van der Waals surface area contributed by atoms with E-state index in [0.717, 1.165) is 0 Å². The van der Waals surface area contributed by atoms with Gasteiger partial charge in [-0.1, -0.05) is 54.6 Å². The maximum atomic E-state index is 2.31. The van der Waals surface area contributed by atoms with Gasteiger partial charge in [-0.05, 0) is 42.7 Å². The van der Waals surface area contributed by atoms with Crippen molar-refractivity contribution in [1.82, 2.24) is 0 Å². The van der Waals surface area contributed by atoms with Crippen LogP contribution in [0, 0.1) is 0 Å². The van der Waals surface area contributed by atoms with Crippen molar-refractivity contribution in [3.05, 3.63) is 91.0 Å². The van der Waals surface area contributed by atoms with Gasteiger partial charge in [-0.3, -0.25) is 0 Å². The summed E-state index contributed by atoms with van der Waals surface area (Å²) in [7, 11) is -1.59. The number of thioether (sulfide) groups is 1. The third-order valence-corrected chi connectivity index (χ3v) is 9.57. The lowest BCUT2D eigenvalue weighted by Gasteiger charge is -2.27. The number of benzene rings is 3. The normalized spacial score (nSPS) is 11.3. The summed E-state index contributed by atoms with van der Waals surface area (Å²) < 4.78 is 0. The van der Waals surface area contributed by atoms with Crippen molar-refractivity contribution in [3.63, 3.8) is 0 Å². The molecule has 0 aliphatic rings. The zero-order valence-electron chi connectivity index (χ0n) is 13.4. The fraction of sp³-hybridized carbons (Fsp3) is 0.143. The molecule has 3 aromatic rings. The van der Waals surface area contributed by atoms with E-state index in [1.54, 1.807) is 0 Å². The van der Waals surface area contributed by atoms with E-state index in [1.165, 1.54) is 27.8 Å². The Kier molecular flexibility index (Phi) is 5.54. The second-order valence-electron chi connectivity index (χ2n) is 5.53. The van der Waals surface area contributed by atoms with Crippen LogP contribution in [-0.4, -0.2) is 18.2 Å². The molecular formula is C21H22PS+. The van der Waals surface area contributed by atoms with Crippen LogP contribution in [0.5, 0.6) is 0 Å². The molecule has 0 aliphatic carbocycles. The topological polar surface area (TPSA) is 0 Å². The van der Waals surface area contributed by atoms with Crippen LogP contribution < -0.4 is 15.9 Å². The molecule has 2 heteroatoms. The van der Waals surface area contributed by atoms with Crippen molar-refractivity contribution in [2.75, 3.05) is 18.2 Å². The highest BCUT2D eigenvalue weighted by molar-refractivity contribution is 8.00. The maximum absolute atomic E-state index is 2.31. The Morgan fingerprint density at radius 3 is 1.26 bits per heavy atom. The summed E-state index contributed by atoms with van der Waals surface area (Å²) in [6.07, 6.45) is 3.40. The van der Waals surface area contributed by atoms with Gasteiger partial charge in [-0.15, -0.1) is 0 Å². The van der Waals surface area contributed by atoms with Gasteiger partial charge in [0.05, 0.1) is 6.16 Å². The molecule has 116 valence electrons. The van der Waals surface area contributed by atoms with Gasteiger partial charge in [0.2, 0.25) is 0 Å². The molecule has 0 heterocycles. The molecule has 0 aromatic heterocycles. The van der Waals surface area contributed by atoms with E-state index < -0.39 is 7.26 Å². The van der Waals surface area contributed by atoms with Gasteiger partial charge >= 0.3 is 0 Å². The van der Waals surface area contributed by atoms with E-state index in [-0.39, 0.29) is 0 Å². The van der Waals surface area contributed by atoms with Gasteiger partial charge in [0.15, 0.2) is 0 Å². The summed E-state index contributed by atoms with van der Waals surface area (Å²) in [6, 6.07) is 33.3. The molecule has 3 aromatic carbocycles. The molecule has 0 amide bonds. The Morgan fingerprint density at radius 1 is 0.609 bits per heavy atom. The highest BCUT2D eigenvalue weighted by atomic mass is 32.2. The second-order valence-corrected chi connectivity index (χ2v) is 10.1. The fourth-order valence-corrected chi connectivity index (χ4v) is 8.65. The molecule has 0 aliphatic heterocycles. The minimum Gasteiger partial charge on any atom is -0.162 e. The van der Waals surface area contributed by atoms with Gasteiger partial charge in [0, 0.05) is 5.75 Å². The molecule has 23 heavy (non-hydrogen) atoms. The van der Waals surface area contributed by atoms with Crippen LogP contribution in [0.4, 0.5) is 0 Å². The average Bonchev–Trinajstić information content (AvgIpc) is 2.65. The highest BCUT2D eigenvalue weighted by Gasteiger charge is 2.44. The molecule has 0 bridgehead atoms. The molecule has 0 atom stereocenters. The summed E-state index contributed by atoms with van der Waals surface area (Å²) >= 11 is 1.94.